The molecule has 0 aromatic heterocycles. The van der Waals surface area contributed by atoms with Crippen LogP contribution in [-0.2, 0) is 9.53 Å². The first-order valence-electron chi connectivity index (χ1n) is 7.93. The van der Waals surface area contributed by atoms with Gasteiger partial charge in [0, 0.05) is 6.54 Å². The number of carbonyl (C=O) groups excluding carboxylic acids is 1. The lowest BCUT2D eigenvalue weighted by Crippen LogP contribution is -2.28. The molecular weight excluding hydrogens is 262 g/mol. The maximum atomic E-state index is 11.9. The number of ether oxygens (including phenoxy) is 1. The van der Waals surface area contributed by atoms with E-state index >= 15 is 0 Å². The minimum Gasteiger partial charge on any atom is -0.464 e. The van der Waals surface area contributed by atoms with Gasteiger partial charge in [0.05, 0.1) is 6.42 Å². The van der Waals surface area contributed by atoms with Gasteiger partial charge in [-0.25, -0.2) is 0 Å². The molecule has 0 aliphatic rings. The lowest BCUT2D eigenvalue weighted by molar-refractivity contribution is -0.144. The number of hydrogen-bond acceptors (Lipinski definition) is 3. The molecule has 0 aliphatic carbocycles. The van der Waals surface area contributed by atoms with E-state index in [4.69, 9.17) is 4.74 Å². The van der Waals surface area contributed by atoms with E-state index in [0.717, 1.165) is 19.6 Å². The van der Waals surface area contributed by atoms with E-state index in [2.05, 4.69) is 57.7 Å². The fourth-order valence-electron chi connectivity index (χ4n) is 2.54. The number of carbonyl (C=O) groups is 1. The van der Waals surface area contributed by atoms with Crippen LogP contribution >= 0.6 is 0 Å². The monoisotopic (exact) mass is 291 g/mol. The van der Waals surface area contributed by atoms with Crippen molar-refractivity contribution in [2.45, 2.75) is 47.0 Å². The van der Waals surface area contributed by atoms with Crippen LogP contribution in [0.1, 0.15) is 49.8 Å². The van der Waals surface area contributed by atoms with E-state index in [1.807, 2.05) is 0 Å². The molecule has 0 unspecified atom stereocenters. The van der Waals surface area contributed by atoms with Gasteiger partial charge in [0.25, 0.3) is 0 Å². The number of aryl methyl sites for hydroxylation is 2. The first-order chi connectivity index (χ1) is 9.97. The number of nitrogens with zero attached hydrogens (tertiary/aromatic N) is 1. The molecule has 0 N–H and O–H groups in total. The number of esters is 1. The Balaban J connectivity index is 2.45. The molecule has 3 heteroatoms. The summed E-state index contributed by atoms with van der Waals surface area (Å²) in [6, 6.07) is 6.39. The zero-order valence-corrected chi connectivity index (χ0v) is 14.1. The largest absolute Gasteiger partial charge is 0.464 e. The zero-order valence-electron chi connectivity index (χ0n) is 14.1. The van der Waals surface area contributed by atoms with Crippen LogP contribution in [0.5, 0.6) is 0 Å². The van der Waals surface area contributed by atoms with Gasteiger partial charge in [0.2, 0.25) is 0 Å². The van der Waals surface area contributed by atoms with E-state index in [9.17, 15) is 4.79 Å². The highest BCUT2D eigenvalue weighted by Crippen LogP contribution is 2.24. The Hall–Kier alpha value is -1.35. The minimum absolute atomic E-state index is 0.101. The molecule has 0 radical (unpaired) electrons. The molecule has 0 aliphatic heterocycles. The summed E-state index contributed by atoms with van der Waals surface area (Å²) in [6.07, 6.45) is 0.447. The van der Waals surface area contributed by atoms with Crippen molar-refractivity contribution < 1.29 is 9.53 Å². The number of likely N-dealkylation sites (N-methyl/N-ethyl adjacent to an activating group) is 1. The zero-order chi connectivity index (χ0) is 15.8. The van der Waals surface area contributed by atoms with Crippen LogP contribution in [0, 0.1) is 13.8 Å². The van der Waals surface area contributed by atoms with Crippen molar-refractivity contribution in [1.82, 2.24) is 4.90 Å². The summed E-state index contributed by atoms with van der Waals surface area (Å²) < 4.78 is 5.36. The second-order valence-electron chi connectivity index (χ2n) is 5.71. The van der Waals surface area contributed by atoms with Gasteiger partial charge < -0.3 is 9.64 Å². The summed E-state index contributed by atoms with van der Waals surface area (Å²) in [6.45, 7) is 13.8. The van der Waals surface area contributed by atoms with Gasteiger partial charge in [-0.2, -0.15) is 0 Å². The number of rotatable bonds is 8. The van der Waals surface area contributed by atoms with Crippen LogP contribution < -0.4 is 0 Å². The van der Waals surface area contributed by atoms with Crippen molar-refractivity contribution in [2.24, 2.45) is 0 Å². The Morgan fingerprint density at radius 3 is 2.52 bits per heavy atom. The highest BCUT2D eigenvalue weighted by Gasteiger charge is 2.14. The van der Waals surface area contributed by atoms with Gasteiger partial charge in [-0.15, -0.1) is 0 Å². The highest BCUT2D eigenvalue weighted by molar-refractivity contribution is 5.70. The van der Waals surface area contributed by atoms with Crippen molar-refractivity contribution in [2.75, 3.05) is 26.2 Å². The second-order valence-corrected chi connectivity index (χ2v) is 5.71. The molecule has 3 nitrogen and oxygen atoms in total. The van der Waals surface area contributed by atoms with E-state index in [-0.39, 0.29) is 11.9 Å². The molecule has 0 spiro atoms. The average Bonchev–Trinajstić information content (AvgIpc) is 2.46. The van der Waals surface area contributed by atoms with E-state index < -0.39 is 0 Å². The van der Waals surface area contributed by atoms with E-state index in [1.54, 1.807) is 0 Å². The molecule has 0 bridgehead atoms. The lowest BCUT2D eigenvalue weighted by atomic mass is 9.92. The molecule has 0 saturated carbocycles. The first kappa shape index (κ1) is 17.7. The van der Waals surface area contributed by atoms with Gasteiger partial charge in [-0.1, -0.05) is 44.5 Å². The minimum atomic E-state index is -0.101. The van der Waals surface area contributed by atoms with Gasteiger partial charge in [-0.05, 0) is 44.0 Å². The van der Waals surface area contributed by atoms with Crippen molar-refractivity contribution in [3.05, 3.63) is 34.9 Å². The predicted molar refractivity (Wildman–Crippen MR) is 87.7 cm³/mol. The van der Waals surface area contributed by atoms with Gasteiger partial charge >= 0.3 is 5.97 Å². The average molecular weight is 291 g/mol. The SMILES string of the molecule is CCN(CC)CCOC(=O)C[C@@H](C)c1cc(C)ccc1C. The molecule has 1 aromatic carbocycles. The van der Waals surface area contributed by atoms with Crippen LogP contribution in [0.15, 0.2) is 18.2 Å². The van der Waals surface area contributed by atoms with Crippen LogP contribution in [-0.4, -0.2) is 37.1 Å². The Morgan fingerprint density at radius 2 is 1.90 bits per heavy atom. The number of benzene rings is 1. The Kier molecular flexibility index (Phi) is 7.44. The van der Waals surface area contributed by atoms with Crippen molar-refractivity contribution >= 4 is 5.97 Å². The summed E-state index contributed by atoms with van der Waals surface area (Å²) in [5, 5.41) is 0. The molecule has 0 amide bonds. The molecule has 0 saturated heterocycles. The molecule has 1 rings (SSSR count). The molecule has 1 atom stereocenters. The Bertz CT molecular complexity index is 453. The fourth-order valence-corrected chi connectivity index (χ4v) is 2.54. The van der Waals surface area contributed by atoms with Crippen molar-refractivity contribution in [3.63, 3.8) is 0 Å². The lowest BCUT2D eigenvalue weighted by Gasteiger charge is -2.18. The van der Waals surface area contributed by atoms with Crippen LogP contribution in [0.25, 0.3) is 0 Å². The predicted octanol–water partition coefficient (Wildman–Crippen LogP) is 3.68. The third kappa shape index (κ3) is 5.88. The third-order valence-corrected chi connectivity index (χ3v) is 4.00. The summed E-state index contributed by atoms with van der Waals surface area (Å²) in [4.78, 5) is 14.2. The van der Waals surface area contributed by atoms with Gasteiger partial charge in [-0.3, -0.25) is 4.79 Å². The summed E-state index contributed by atoms with van der Waals surface area (Å²) in [5.74, 6) is 0.0985. The van der Waals surface area contributed by atoms with Crippen LogP contribution in [0.3, 0.4) is 0 Å². The topological polar surface area (TPSA) is 29.5 Å². The smallest absolute Gasteiger partial charge is 0.306 e. The maximum absolute atomic E-state index is 11.9. The van der Waals surface area contributed by atoms with E-state index in [1.165, 1.54) is 16.7 Å². The molecule has 0 heterocycles. The van der Waals surface area contributed by atoms with Crippen molar-refractivity contribution in [1.29, 1.82) is 0 Å². The third-order valence-electron chi connectivity index (χ3n) is 4.00. The first-order valence-corrected chi connectivity index (χ1v) is 7.93. The highest BCUT2D eigenvalue weighted by atomic mass is 16.5. The maximum Gasteiger partial charge on any atom is 0.306 e. The van der Waals surface area contributed by atoms with Gasteiger partial charge in [0.15, 0.2) is 0 Å². The summed E-state index contributed by atoms with van der Waals surface area (Å²) in [5.41, 5.74) is 3.72. The standard InChI is InChI=1S/C18H29NO2/c1-6-19(7-2)10-11-21-18(20)13-16(5)17-12-14(3)8-9-15(17)4/h8-9,12,16H,6-7,10-11,13H2,1-5H3/t16-/m1/s1. The van der Waals surface area contributed by atoms with E-state index in [0.29, 0.717) is 13.0 Å². The molecule has 21 heavy (non-hydrogen) atoms. The Labute approximate surface area is 129 Å². The molecule has 118 valence electrons. The fraction of sp³-hybridized carbons (Fsp3) is 0.611. The summed E-state index contributed by atoms with van der Waals surface area (Å²) in [7, 11) is 0. The van der Waals surface area contributed by atoms with Gasteiger partial charge in [0.1, 0.15) is 6.61 Å². The molecular formula is C18H29NO2. The normalized spacial score (nSPS) is 12.5. The molecule has 1 aromatic rings. The molecule has 0 fully saturated rings. The number of hydrogen-bond donors (Lipinski definition) is 0. The summed E-state index contributed by atoms with van der Waals surface area (Å²) >= 11 is 0. The van der Waals surface area contributed by atoms with Crippen LogP contribution in [0.2, 0.25) is 0 Å². The van der Waals surface area contributed by atoms with Crippen LogP contribution in [0.4, 0.5) is 0 Å². The second kappa shape index (κ2) is 8.83. The van der Waals surface area contributed by atoms with Crippen molar-refractivity contribution in [3.8, 4) is 0 Å². The quantitative estimate of drug-likeness (QED) is 0.684. The Morgan fingerprint density at radius 1 is 1.24 bits per heavy atom.